The number of amides is 1. The molecule has 1 heterocycles. The van der Waals surface area contributed by atoms with Crippen molar-refractivity contribution in [2.75, 3.05) is 33.9 Å². The van der Waals surface area contributed by atoms with Crippen molar-refractivity contribution in [3.63, 3.8) is 0 Å². The number of nitrogens with one attached hydrogen (secondary N) is 1. The van der Waals surface area contributed by atoms with Gasteiger partial charge in [-0.25, -0.2) is 0 Å². The van der Waals surface area contributed by atoms with Crippen LogP contribution in [-0.2, 0) is 22.5 Å². The summed E-state index contributed by atoms with van der Waals surface area (Å²) in [7, 11) is 3.58. The molecular formula is C18H28N2O2. The third-order valence-corrected chi connectivity index (χ3v) is 4.63. The molecule has 2 rings (SSSR count). The highest BCUT2D eigenvalue weighted by molar-refractivity contribution is 5.83. The first-order valence-corrected chi connectivity index (χ1v) is 8.14. The van der Waals surface area contributed by atoms with E-state index < -0.39 is 0 Å². The lowest BCUT2D eigenvalue weighted by Crippen LogP contribution is -2.50. The van der Waals surface area contributed by atoms with Gasteiger partial charge in [-0.2, -0.15) is 0 Å². The van der Waals surface area contributed by atoms with Gasteiger partial charge in [0.25, 0.3) is 0 Å². The van der Waals surface area contributed by atoms with E-state index in [1.807, 2.05) is 11.9 Å². The predicted molar refractivity (Wildman–Crippen MR) is 88.7 cm³/mol. The summed E-state index contributed by atoms with van der Waals surface area (Å²) in [5.41, 5.74) is 2.14. The van der Waals surface area contributed by atoms with Crippen molar-refractivity contribution in [3.8, 4) is 0 Å². The third-order valence-electron chi connectivity index (χ3n) is 4.63. The van der Waals surface area contributed by atoms with Gasteiger partial charge in [0.1, 0.15) is 0 Å². The summed E-state index contributed by atoms with van der Waals surface area (Å²) in [5.74, 6) is 0.204. The monoisotopic (exact) mass is 304 g/mol. The summed E-state index contributed by atoms with van der Waals surface area (Å²) >= 11 is 0. The van der Waals surface area contributed by atoms with Crippen LogP contribution in [0.4, 0.5) is 0 Å². The minimum Gasteiger partial charge on any atom is -0.384 e. The Morgan fingerprint density at radius 1 is 1.23 bits per heavy atom. The van der Waals surface area contributed by atoms with Crippen LogP contribution >= 0.6 is 0 Å². The van der Waals surface area contributed by atoms with E-state index in [4.69, 9.17) is 4.74 Å². The van der Waals surface area contributed by atoms with Gasteiger partial charge in [0, 0.05) is 20.7 Å². The van der Waals surface area contributed by atoms with Gasteiger partial charge in [0.05, 0.1) is 12.0 Å². The van der Waals surface area contributed by atoms with Crippen molar-refractivity contribution in [1.29, 1.82) is 0 Å². The molecule has 1 aromatic rings. The molecule has 0 radical (unpaired) electrons. The Balaban J connectivity index is 2.05. The molecule has 4 heteroatoms. The fraction of sp³-hybridized carbons (Fsp3) is 0.611. The maximum absolute atomic E-state index is 13.0. The molecule has 1 aliphatic heterocycles. The zero-order valence-electron chi connectivity index (χ0n) is 14.0. The Labute approximate surface area is 133 Å². The fourth-order valence-corrected chi connectivity index (χ4v) is 3.23. The first-order valence-electron chi connectivity index (χ1n) is 8.14. The summed E-state index contributed by atoms with van der Waals surface area (Å²) in [6.45, 7) is 5.08. The number of rotatable bonds is 6. The van der Waals surface area contributed by atoms with Gasteiger partial charge in [-0.05, 0) is 43.5 Å². The van der Waals surface area contributed by atoms with Crippen LogP contribution in [0.1, 0.15) is 30.9 Å². The molecule has 22 heavy (non-hydrogen) atoms. The van der Waals surface area contributed by atoms with E-state index in [0.717, 1.165) is 32.4 Å². The molecule has 1 saturated heterocycles. The number of hydrogen-bond acceptors (Lipinski definition) is 3. The Kier molecular flexibility index (Phi) is 5.98. The lowest BCUT2D eigenvalue weighted by Gasteiger charge is -2.38. The van der Waals surface area contributed by atoms with Crippen LogP contribution in [0, 0.1) is 5.41 Å². The van der Waals surface area contributed by atoms with Crippen molar-refractivity contribution in [3.05, 3.63) is 35.4 Å². The van der Waals surface area contributed by atoms with E-state index >= 15 is 0 Å². The molecule has 1 fully saturated rings. The minimum absolute atomic E-state index is 0.204. The SMILES string of the molecule is CCc1ccc(CN(C)C(=O)C2(COC)CCNCC2)cc1. The van der Waals surface area contributed by atoms with Crippen LogP contribution in [0.25, 0.3) is 0 Å². The van der Waals surface area contributed by atoms with Gasteiger partial charge >= 0.3 is 0 Å². The van der Waals surface area contributed by atoms with Crippen molar-refractivity contribution < 1.29 is 9.53 Å². The summed E-state index contributed by atoms with van der Waals surface area (Å²) in [6.07, 6.45) is 2.73. The summed E-state index contributed by atoms with van der Waals surface area (Å²) in [4.78, 5) is 14.8. The molecule has 0 unspecified atom stereocenters. The number of carbonyl (C=O) groups is 1. The molecule has 122 valence electrons. The van der Waals surface area contributed by atoms with E-state index in [1.165, 1.54) is 11.1 Å². The molecule has 1 amide bonds. The second-order valence-electron chi connectivity index (χ2n) is 6.29. The Bertz CT molecular complexity index is 473. The maximum Gasteiger partial charge on any atom is 0.231 e. The van der Waals surface area contributed by atoms with Gasteiger partial charge in [0.15, 0.2) is 0 Å². The normalized spacial score (nSPS) is 17.2. The van der Waals surface area contributed by atoms with Gasteiger partial charge in [-0.15, -0.1) is 0 Å². The van der Waals surface area contributed by atoms with Crippen LogP contribution in [0.2, 0.25) is 0 Å². The molecule has 4 nitrogen and oxygen atoms in total. The van der Waals surface area contributed by atoms with Crippen molar-refractivity contribution in [1.82, 2.24) is 10.2 Å². The largest absolute Gasteiger partial charge is 0.384 e. The Hall–Kier alpha value is -1.39. The molecular weight excluding hydrogens is 276 g/mol. The molecule has 0 spiro atoms. The number of methoxy groups -OCH3 is 1. The Morgan fingerprint density at radius 2 is 1.82 bits per heavy atom. The predicted octanol–water partition coefficient (Wildman–Crippen LogP) is 2.22. The van der Waals surface area contributed by atoms with E-state index in [2.05, 4.69) is 36.5 Å². The quantitative estimate of drug-likeness (QED) is 0.876. The lowest BCUT2D eigenvalue weighted by atomic mass is 9.78. The van der Waals surface area contributed by atoms with Crippen LogP contribution in [0.3, 0.4) is 0 Å². The van der Waals surface area contributed by atoms with Crippen LogP contribution < -0.4 is 5.32 Å². The highest BCUT2D eigenvalue weighted by Crippen LogP contribution is 2.31. The smallest absolute Gasteiger partial charge is 0.231 e. The highest BCUT2D eigenvalue weighted by Gasteiger charge is 2.41. The highest BCUT2D eigenvalue weighted by atomic mass is 16.5. The average Bonchev–Trinajstić information content (AvgIpc) is 2.56. The van der Waals surface area contributed by atoms with Gasteiger partial charge in [-0.1, -0.05) is 31.2 Å². The molecule has 0 bridgehead atoms. The van der Waals surface area contributed by atoms with Crippen molar-refractivity contribution >= 4 is 5.91 Å². The van der Waals surface area contributed by atoms with E-state index in [0.29, 0.717) is 13.2 Å². The first-order chi connectivity index (χ1) is 10.6. The average molecular weight is 304 g/mol. The molecule has 1 N–H and O–H groups in total. The minimum atomic E-state index is -0.363. The second-order valence-corrected chi connectivity index (χ2v) is 6.29. The molecule has 0 saturated carbocycles. The maximum atomic E-state index is 13.0. The van der Waals surface area contributed by atoms with Crippen LogP contribution in [0.15, 0.2) is 24.3 Å². The number of hydrogen-bond donors (Lipinski definition) is 1. The summed E-state index contributed by atoms with van der Waals surface area (Å²) in [6, 6.07) is 8.52. The molecule has 0 aromatic heterocycles. The number of aryl methyl sites for hydroxylation is 1. The Morgan fingerprint density at radius 3 is 2.36 bits per heavy atom. The number of carbonyl (C=O) groups excluding carboxylic acids is 1. The summed E-state index contributed by atoms with van der Waals surface area (Å²) in [5, 5.41) is 3.33. The van der Waals surface area contributed by atoms with Crippen molar-refractivity contribution in [2.24, 2.45) is 5.41 Å². The lowest BCUT2D eigenvalue weighted by molar-refractivity contribution is -0.146. The third kappa shape index (κ3) is 3.87. The van der Waals surface area contributed by atoms with E-state index in [9.17, 15) is 4.79 Å². The first kappa shape index (κ1) is 17.0. The summed E-state index contributed by atoms with van der Waals surface area (Å²) < 4.78 is 5.36. The number of benzene rings is 1. The number of nitrogens with zero attached hydrogens (tertiary/aromatic N) is 1. The standard InChI is InChI=1S/C18H28N2O2/c1-4-15-5-7-16(8-6-15)13-20(2)17(21)18(14-22-3)9-11-19-12-10-18/h5-8,19H,4,9-14H2,1-3H3. The van der Waals surface area contributed by atoms with E-state index in [1.54, 1.807) is 7.11 Å². The second kappa shape index (κ2) is 7.75. The molecule has 0 aliphatic carbocycles. The van der Waals surface area contributed by atoms with Crippen molar-refractivity contribution in [2.45, 2.75) is 32.7 Å². The van der Waals surface area contributed by atoms with Crippen LogP contribution in [0.5, 0.6) is 0 Å². The molecule has 1 aliphatic rings. The fourth-order valence-electron chi connectivity index (χ4n) is 3.23. The zero-order chi connectivity index (χ0) is 16.0. The topological polar surface area (TPSA) is 41.6 Å². The van der Waals surface area contributed by atoms with Gasteiger partial charge in [-0.3, -0.25) is 4.79 Å². The number of piperidine rings is 1. The van der Waals surface area contributed by atoms with Gasteiger partial charge < -0.3 is 15.0 Å². The number of ether oxygens (including phenoxy) is 1. The van der Waals surface area contributed by atoms with Crippen LogP contribution in [-0.4, -0.2) is 44.7 Å². The van der Waals surface area contributed by atoms with E-state index in [-0.39, 0.29) is 11.3 Å². The van der Waals surface area contributed by atoms with Gasteiger partial charge in [0.2, 0.25) is 5.91 Å². The zero-order valence-corrected chi connectivity index (χ0v) is 14.0. The molecule has 1 aromatic carbocycles. The molecule has 0 atom stereocenters.